The molecule has 102 valence electrons. The van der Waals surface area contributed by atoms with Crippen molar-refractivity contribution in [3.63, 3.8) is 0 Å². The van der Waals surface area contributed by atoms with Crippen LogP contribution in [0, 0.1) is 0 Å². The van der Waals surface area contributed by atoms with Crippen molar-refractivity contribution in [2.24, 2.45) is 0 Å². The summed E-state index contributed by atoms with van der Waals surface area (Å²) in [4.78, 5) is 17.8. The van der Waals surface area contributed by atoms with Crippen molar-refractivity contribution in [3.8, 4) is 0 Å². The van der Waals surface area contributed by atoms with E-state index in [0.717, 1.165) is 0 Å². The van der Waals surface area contributed by atoms with Gasteiger partial charge in [-0.15, -0.1) is 6.58 Å². The number of aromatic nitrogens is 4. The zero-order valence-electron chi connectivity index (χ0n) is 9.66. The van der Waals surface area contributed by atoms with E-state index in [0.29, 0.717) is 6.54 Å². The molecule has 0 atom stereocenters. The lowest BCUT2D eigenvalue weighted by molar-refractivity contribution is -0.115. The van der Waals surface area contributed by atoms with Gasteiger partial charge in [0.05, 0.1) is 12.7 Å². The number of allylic oxidation sites excluding steroid dienone is 1. The minimum Gasteiger partial charge on any atom is -0.347 e. The number of alkyl halides is 3. The maximum atomic E-state index is 12.1. The second-order valence-corrected chi connectivity index (χ2v) is 3.74. The van der Waals surface area contributed by atoms with Crippen molar-refractivity contribution in [1.82, 2.24) is 19.7 Å². The lowest BCUT2D eigenvalue weighted by atomic mass is 10.4. The summed E-state index contributed by atoms with van der Waals surface area (Å²) in [5.41, 5.74) is -0.349. The van der Waals surface area contributed by atoms with Gasteiger partial charge in [0.15, 0.2) is 5.65 Å². The van der Waals surface area contributed by atoms with Gasteiger partial charge in [0.25, 0.3) is 5.56 Å². The molecule has 0 aliphatic rings. The fourth-order valence-electron chi connectivity index (χ4n) is 1.49. The SMILES string of the molecule is C=CCn1ncc2c(=O)[nH]c(NCC(F)(F)F)nc21. The van der Waals surface area contributed by atoms with Crippen LogP contribution in [-0.2, 0) is 6.54 Å². The molecule has 0 unspecified atom stereocenters. The Hall–Kier alpha value is -2.32. The quantitative estimate of drug-likeness (QED) is 0.823. The van der Waals surface area contributed by atoms with Crippen molar-refractivity contribution < 1.29 is 13.2 Å². The summed E-state index contributed by atoms with van der Waals surface area (Å²) in [6, 6.07) is 0. The summed E-state index contributed by atoms with van der Waals surface area (Å²) in [7, 11) is 0. The minimum absolute atomic E-state index is 0.202. The smallest absolute Gasteiger partial charge is 0.347 e. The molecule has 0 aliphatic carbocycles. The molecule has 6 nitrogen and oxygen atoms in total. The number of hydrogen-bond donors (Lipinski definition) is 2. The maximum Gasteiger partial charge on any atom is 0.405 e. The van der Waals surface area contributed by atoms with Crippen LogP contribution in [0.25, 0.3) is 11.0 Å². The average Bonchev–Trinajstić information content (AvgIpc) is 2.70. The Bertz CT molecular complexity index is 657. The van der Waals surface area contributed by atoms with Gasteiger partial charge in [-0.05, 0) is 0 Å². The number of nitrogens with zero attached hydrogens (tertiary/aromatic N) is 3. The summed E-state index contributed by atoms with van der Waals surface area (Å²) in [6.45, 7) is 2.54. The first-order valence-corrected chi connectivity index (χ1v) is 5.28. The van der Waals surface area contributed by atoms with Crippen molar-refractivity contribution in [1.29, 1.82) is 0 Å². The van der Waals surface area contributed by atoms with Gasteiger partial charge < -0.3 is 5.32 Å². The molecule has 0 saturated carbocycles. The molecule has 19 heavy (non-hydrogen) atoms. The predicted molar refractivity (Wildman–Crippen MR) is 62.9 cm³/mol. The van der Waals surface area contributed by atoms with Gasteiger partial charge in [0, 0.05) is 0 Å². The lowest BCUT2D eigenvalue weighted by Gasteiger charge is -2.08. The number of halogens is 3. The molecule has 0 amide bonds. The number of aromatic amines is 1. The Balaban J connectivity index is 2.38. The Morgan fingerprint density at radius 2 is 2.26 bits per heavy atom. The standard InChI is InChI=1S/C10H10F3N5O/c1-2-3-18-7-6(4-15-18)8(19)17-9(16-7)14-5-10(11,12)13/h2,4H,1,3,5H2,(H2,14,16,17,19). The Morgan fingerprint density at radius 3 is 2.89 bits per heavy atom. The molecule has 9 heteroatoms. The molecule has 0 saturated heterocycles. The zero-order chi connectivity index (χ0) is 14.0. The van der Waals surface area contributed by atoms with Crippen LogP contribution >= 0.6 is 0 Å². The first-order chi connectivity index (χ1) is 8.90. The van der Waals surface area contributed by atoms with Crippen LogP contribution in [0.5, 0.6) is 0 Å². The number of nitrogens with one attached hydrogen (secondary N) is 2. The molecule has 2 aromatic rings. The van der Waals surface area contributed by atoms with Crippen molar-refractivity contribution >= 4 is 17.0 Å². The molecule has 0 radical (unpaired) electrons. The molecule has 2 heterocycles. The summed E-state index contributed by atoms with van der Waals surface area (Å²) < 4.78 is 37.6. The summed E-state index contributed by atoms with van der Waals surface area (Å²) >= 11 is 0. The average molecular weight is 273 g/mol. The van der Waals surface area contributed by atoms with Gasteiger partial charge in [-0.3, -0.25) is 9.78 Å². The highest BCUT2D eigenvalue weighted by atomic mass is 19.4. The normalized spacial score (nSPS) is 11.7. The Labute approximate surface area is 105 Å². The number of rotatable bonds is 4. The van der Waals surface area contributed by atoms with E-state index in [4.69, 9.17) is 0 Å². The summed E-state index contributed by atoms with van der Waals surface area (Å²) in [5.74, 6) is -0.249. The molecule has 2 aromatic heterocycles. The molecule has 0 fully saturated rings. The molecule has 2 N–H and O–H groups in total. The second-order valence-electron chi connectivity index (χ2n) is 3.74. The highest BCUT2D eigenvalue weighted by Crippen LogP contribution is 2.15. The van der Waals surface area contributed by atoms with Crippen LogP contribution in [-0.4, -0.2) is 32.5 Å². The van der Waals surface area contributed by atoms with Crippen LogP contribution in [0.2, 0.25) is 0 Å². The Kier molecular flexibility index (Phi) is 3.28. The van der Waals surface area contributed by atoms with E-state index >= 15 is 0 Å². The van der Waals surface area contributed by atoms with Crippen molar-refractivity contribution in [2.45, 2.75) is 12.7 Å². The highest BCUT2D eigenvalue weighted by molar-refractivity contribution is 5.74. The van der Waals surface area contributed by atoms with E-state index in [-0.39, 0.29) is 17.0 Å². The molecule has 0 bridgehead atoms. The monoisotopic (exact) mass is 273 g/mol. The van der Waals surface area contributed by atoms with Crippen LogP contribution < -0.4 is 10.9 Å². The van der Waals surface area contributed by atoms with Crippen molar-refractivity contribution in [2.75, 3.05) is 11.9 Å². The zero-order valence-corrected chi connectivity index (χ0v) is 9.66. The van der Waals surface area contributed by atoms with Crippen LogP contribution in [0.4, 0.5) is 19.1 Å². The summed E-state index contributed by atoms with van der Waals surface area (Å²) in [5, 5.41) is 6.13. The van der Waals surface area contributed by atoms with Gasteiger partial charge in [-0.25, -0.2) is 4.68 Å². The third-order valence-corrected chi connectivity index (χ3v) is 2.26. The van der Waals surface area contributed by atoms with Gasteiger partial charge in [0.1, 0.15) is 11.9 Å². The van der Waals surface area contributed by atoms with E-state index in [1.54, 1.807) is 0 Å². The van der Waals surface area contributed by atoms with Gasteiger partial charge in [-0.2, -0.15) is 23.3 Å². The van der Waals surface area contributed by atoms with Crippen LogP contribution in [0.1, 0.15) is 0 Å². The topological polar surface area (TPSA) is 75.6 Å². The minimum atomic E-state index is -4.39. The number of anilines is 1. The van der Waals surface area contributed by atoms with E-state index < -0.39 is 18.3 Å². The second kappa shape index (κ2) is 4.75. The van der Waals surface area contributed by atoms with Crippen LogP contribution in [0.15, 0.2) is 23.6 Å². The number of hydrogen-bond acceptors (Lipinski definition) is 4. The lowest BCUT2D eigenvalue weighted by Crippen LogP contribution is -2.24. The van der Waals surface area contributed by atoms with E-state index in [1.807, 2.05) is 5.32 Å². The fourth-order valence-corrected chi connectivity index (χ4v) is 1.49. The maximum absolute atomic E-state index is 12.1. The third-order valence-electron chi connectivity index (χ3n) is 2.26. The van der Waals surface area contributed by atoms with Gasteiger partial charge in [0.2, 0.25) is 5.95 Å². The molecule has 0 aromatic carbocycles. The van der Waals surface area contributed by atoms with Gasteiger partial charge >= 0.3 is 6.18 Å². The summed E-state index contributed by atoms with van der Waals surface area (Å²) in [6.07, 6.45) is -1.55. The van der Waals surface area contributed by atoms with E-state index in [1.165, 1.54) is 17.0 Å². The van der Waals surface area contributed by atoms with E-state index in [9.17, 15) is 18.0 Å². The van der Waals surface area contributed by atoms with Crippen molar-refractivity contribution in [3.05, 3.63) is 29.2 Å². The molecule has 0 spiro atoms. The number of fused-ring (bicyclic) bond motifs is 1. The highest BCUT2D eigenvalue weighted by Gasteiger charge is 2.27. The largest absolute Gasteiger partial charge is 0.405 e. The molecule has 0 aliphatic heterocycles. The first kappa shape index (κ1) is 13.1. The molecular weight excluding hydrogens is 263 g/mol. The molecular formula is C10H10F3N5O. The Morgan fingerprint density at radius 1 is 1.53 bits per heavy atom. The number of H-pyrrole nitrogens is 1. The first-order valence-electron chi connectivity index (χ1n) is 5.28. The predicted octanol–water partition coefficient (Wildman–Crippen LogP) is 1.28. The third kappa shape index (κ3) is 2.92. The fraction of sp³-hybridized carbons (Fsp3) is 0.300. The van der Waals surface area contributed by atoms with Crippen LogP contribution in [0.3, 0.4) is 0 Å². The van der Waals surface area contributed by atoms with E-state index in [2.05, 4.69) is 21.6 Å². The van der Waals surface area contributed by atoms with Gasteiger partial charge in [-0.1, -0.05) is 6.08 Å². The molecule has 2 rings (SSSR count).